The fourth-order valence-corrected chi connectivity index (χ4v) is 5.32. The summed E-state index contributed by atoms with van der Waals surface area (Å²) < 4.78 is 13.3. The molecule has 0 fully saturated rings. The standard InChI is InChI=1S/C39H39N3O10/c1-2-30(43)21-40-37(48)41(22-31(44)24-51-33-17-13-28(14-18-33)35(46)26-9-5-3-6-10-26)39(50)42(38(40)49)23-32(45)25-52-34-19-15-29(16-20-34)36(47)27-11-7-4-8-12-27/h3-20,30-32,43-45H,2,21-25H2,1H3. The smallest absolute Gasteiger partial charge is 0.336 e. The molecule has 3 unspecified atom stereocenters. The Kier molecular flexibility index (Phi) is 12.5. The maximum absolute atomic E-state index is 13.5. The van der Waals surface area contributed by atoms with E-state index in [0.717, 1.165) is 0 Å². The summed E-state index contributed by atoms with van der Waals surface area (Å²) >= 11 is 0. The predicted molar refractivity (Wildman–Crippen MR) is 191 cm³/mol. The Morgan fingerprint density at radius 1 is 0.500 bits per heavy atom. The number of hydrogen-bond acceptors (Lipinski definition) is 10. The monoisotopic (exact) mass is 709 g/mol. The summed E-state index contributed by atoms with van der Waals surface area (Å²) in [7, 11) is 0. The molecule has 0 saturated heterocycles. The van der Waals surface area contributed by atoms with Gasteiger partial charge in [0.05, 0.1) is 25.7 Å². The second kappa shape index (κ2) is 17.4. The first-order valence-electron chi connectivity index (χ1n) is 16.7. The molecule has 0 saturated carbocycles. The molecule has 5 rings (SSSR count). The van der Waals surface area contributed by atoms with Gasteiger partial charge in [-0.25, -0.2) is 28.1 Å². The summed E-state index contributed by atoms with van der Waals surface area (Å²) in [5.41, 5.74) is -1.25. The third-order valence-electron chi connectivity index (χ3n) is 8.23. The van der Waals surface area contributed by atoms with Gasteiger partial charge in [-0.05, 0) is 55.0 Å². The largest absolute Gasteiger partial charge is 0.491 e. The highest BCUT2D eigenvalue weighted by Gasteiger charge is 2.22. The van der Waals surface area contributed by atoms with E-state index in [1.165, 1.54) is 0 Å². The lowest BCUT2D eigenvalue weighted by atomic mass is 10.0. The van der Waals surface area contributed by atoms with Crippen molar-refractivity contribution in [3.05, 3.63) is 163 Å². The number of aliphatic hydroxyl groups excluding tert-OH is 3. The summed E-state index contributed by atoms with van der Waals surface area (Å²) in [5.74, 6) is 0.303. The molecule has 3 N–H and O–H groups in total. The fraction of sp³-hybridized carbons (Fsp3) is 0.256. The quantitative estimate of drug-likeness (QED) is 0.121. The van der Waals surface area contributed by atoms with Crippen LogP contribution in [-0.2, 0) is 19.6 Å². The molecular formula is C39H39N3O10. The van der Waals surface area contributed by atoms with Gasteiger partial charge in [0.25, 0.3) is 0 Å². The van der Waals surface area contributed by atoms with Crippen molar-refractivity contribution in [3.63, 3.8) is 0 Å². The Labute approximate surface area is 298 Å². The molecule has 4 aromatic carbocycles. The van der Waals surface area contributed by atoms with E-state index in [-0.39, 0.29) is 31.2 Å². The molecule has 13 nitrogen and oxygen atoms in total. The van der Waals surface area contributed by atoms with E-state index < -0.39 is 55.0 Å². The highest BCUT2D eigenvalue weighted by Crippen LogP contribution is 2.17. The summed E-state index contributed by atoms with van der Waals surface area (Å²) in [5, 5.41) is 31.8. The second-order valence-corrected chi connectivity index (χ2v) is 12.1. The minimum absolute atomic E-state index is 0.172. The van der Waals surface area contributed by atoms with Crippen LogP contribution >= 0.6 is 0 Å². The molecule has 0 aliphatic heterocycles. The summed E-state index contributed by atoms with van der Waals surface area (Å²) in [4.78, 5) is 65.4. The molecular weight excluding hydrogens is 670 g/mol. The van der Waals surface area contributed by atoms with Gasteiger partial charge in [-0.15, -0.1) is 0 Å². The van der Waals surface area contributed by atoms with E-state index in [2.05, 4.69) is 0 Å². The molecule has 5 aromatic rings. The number of hydrogen-bond donors (Lipinski definition) is 3. The van der Waals surface area contributed by atoms with Gasteiger partial charge in [0.2, 0.25) is 0 Å². The molecule has 13 heteroatoms. The average molecular weight is 710 g/mol. The van der Waals surface area contributed by atoms with E-state index in [9.17, 15) is 39.3 Å². The maximum Gasteiger partial charge on any atom is 0.336 e. The number of aliphatic hydroxyl groups is 3. The molecule has 1 heterocycles. The molecule has 0 radical (unpaired) electrons. The normalized spacial score (nSPS) is 12.8. The van der Waals surface area contributed by atoms with Crippen molar-refractivity contribution in [3.8, 4) is 11.5 Å². The summed E-state index contributed by atoms with van der Waals surface area (Å²) in [6.07, 6.45) is -3.66. The number of ether oxygens (including phenoxy) is 2. The number of carbonyl (C=O) groups is 2. The molecule has 52 heavy (non-hydrogen) atoms. The van der Waals surface area contributed by atoms with Crippen molar-refractivity contribution >= 4 is 11.6 Å². The Morgan fingerprint density at radius 3 is 1.13 bits per heavy atom. The number of benzene rings is 4. The fourth-order valence-electron chi connectivity index (χ4n) is 5.32. The van der Waals surface area contributed by atoms with Crippen LogP contribution in [-0.4, -0.2) is 72.1 Å². The summed E-state index contributed by atoms with van der Waals surface area (Å²) in [6, 6.07) is 30.0. The van der Waals surface area contributed by atoms with Gasteiger partial charge in [-0.2, -0.15) is 0 Å². The van der Waals surface area contributed by atoms with Gasteiger partial charge >= 0.3 is 17.1 Å². The van der Waals surface area contributed by atoms with Crippen molar-refractivity contribution in [1.29, 1.82) is 0 Å². The van der Waals surface area contributed by atoms with Crippen molar-refractivity contribution < 1.29 is 34.4 Å². The average Bonchev–Trinajstić information content (AvgIpc) is 3.18. The third-order valence-corrected chi connectivity index (χ3v) is 8.23. The van der Waals surface area contributed by atoms with E-state index in [0.29, 0.717) is 47.5 Å². The van der Waals surface area contributed by atoms with Gasteiger partial charge in [0.15, 0.2) is 11.6 Å². The molecule has 1 aromatic heterocycles. The van der Waals surface area contributed by atoms with Gasteiger partial charge in [-0.3, -0.25) is 9.59 Å². The van der Waals surface area contributed by atoms with Crippen molar-refractivity contribution in [1.82, 2.24) is 13.7 Å². The maximum atomic E-state index is 13.5. The lowest BCUT2D eigenvalue weighted by Gasteiger charge is -2.19. The molecule has 3 atom stereocenters. The SMILES string of the molecule is CCC(O)Cn1c(=O)n(CC(O)COc2ccc(C(=O)c3ccccc3)cc2)c(=O)n(CC(O)COc2ccc(C(=O)c3ccccc3)cc2)c1=O. The van der Waals surface area contributed by atoms with E-state index in [1.807, 2.05) is 12.1 Å². The van der Waals surface area contributed by atoms with E-state index in [1.54, 1.807) is 104 Å². The predicted octanol–water partition coefficient (Wildman–Crippen LogP) is 2.28. The lowest BCUT2D eigenvalue weighted by molar-refractivity contribution is 0.0799. The van der Waals surface area contributed by atoms with Crippen LogP contribution in [0.25, 0.3) is 0 Å². The molecule has 270 valence electrons. The second-order valence-electron chi connectivity index (χ2n) is 12.1. The van der Waals surface area contributed by atoms with Crippen LogP contribution < -0.4 is 26.5 Å². The number of nitrogens with zero attached hydrogens (tertiary/aromatic N) is 3. The zero-order chi connectivity index (χ0) is 37.2. The van der Waals surface area contributed by atoms with Crippen LogP contribution in [0.15, 0.2) is 124 Å². The first-order chi connectivity index (χ1) is 25.0. The van der Waals surface area contributed by atoms with Crippen LogP contribution in [0, 0.1) is 0 Å². The van der Waals surface area contributed by atoms with Crippen molar-refractivity contribution in [2.45, 2.75) is 51.3 Å². The van der Waals surface area contributed by atoms with Crippen LogP contribution in [0.5, 0.6) is 11.5 Å². The van der Waals surface area contributed by atoms with Crippen molar-refractivity contribution in [2.75, 3.05) is 13.2 Å². The van der Waals surface area contributed by atoms with E-state index >= 15 is 0 Å². The Balaban J connectivity index is 1.26. The van der Waals surface area contributed by atoms with Crippen LogP contribution in [0.2, 0.25) is 0 Å². The van der Waals surface area contributed by atoms with Crippen LogP contribution in [0.4, 0.5) is 0 Å². The minimum Gasteiger partial charge on any atom is -0.491 e. The third kappa shape index (κ3) is 9.26. The molecule has 0 aliphatic rings. The Hall–Kier alpha value is -5.89. The lowest BCUT2D eigenvalue weighted by Crippen LogP contribution is -2.57. The number of ketones is 2. The van der Waals surface area contributed by atoms with Crippen LogP contribution in [0.1, 0.15) is 45.2 Å². The topological polar surface area (TPSA) is 179 Å². The Bertz CT molecular complexity index is 2000. The van der Waals surface area contributed by atoms with Crippen LogP contribution in [0.3, 0.4) is 0 Å². The number of aromatic nitrogens is 3. The highest BCUT2D eigenvalue weighted by molar-refractivity contribution is 6.09. The number of carbonyl (C=O) groups excluding carboxylic acids is 2. The number of rotatable bonds is 17. The molecule has 0 bridgehead atoms. The minimum atomic E-state index is -1.39. The zero-order valence-corrected chi connectivity index (χ0v) is 28.4. The van der Waals surface area contributed by atoms with Crippen molar-refractivity contribution in [2.24, 2.45) is 0 Å². The molecule has 0 aliphatic carbocycles. The molecule has 0 spiro atoms. The zero-order valence-electron chi connectivity index (χ0n) is 28.4. The van der Waals surface area contributed by atoms with Gasteiger partial charge in [-0.1, -0.05) is 67.6 Å². The van der Waals surface area contributed by atoms with E-state index in [4.69, 9.17) is 9.47 Å². The van der Waals surface area contributed by atoms with Gasteiger partial charge < -0.3 is 24.8 Å². The highest BCUT2D eigenvalue weighted by atomic mass is 16.5. The first kappa shape index (κ1) is 37.4. The van der Waals surface area contributed by atoms with Gasteiger partial charge in [0.1, 0.15) is 36.9 Å². The Morgan fingerprint density at radius 2 is 0.808 bits per heavy atom. The van der Waals surface area contributed by atoms with Gasteiger partial charge in [0, 0.05) is 22.3 Å². The first-order valence-corrected chi connectivity index (χ1v) is 16.7. The molecule has 0 amide bonds. The summed E-state index contributed by atoms with van der Waals surface area (Å²) in [6.45, 7) is -0.589.